The van der Waals surface area contributed by atoms with Crippen molar-refractivity contribution in [3.05, 3.63) is 53.7 Å². The average Bonchev–Trinajstić information content (AvgIpc) is 3.21. The van der Waals surface area contributed by atoms with Gasteiger partial charge in [-0.3, -0.25) is 14.4 Å². The lowest BCUT2D eigenvalue weighted by Crippen LogP contribution is -2.44. The number of carbonyl (C=O) groups excluding carboxylic acids is 3. The first-order valence-electron chi connectivity index (χ1n) is 11.4. The van der Waals surface area contributed by atoms with Gasteiger partial charge in [-0.15, -0.1) is 0 Å². The maximum Gasteiger partial charge on any atom is 0.228 e. The van der Waals surface area contributed by atoms with E-state index in [1.807, 2.05) is 42.2 Å². The Bertz CT molecular complexity index is 979. The molecule has 168 valence electrons. The van der Waals surface area contributed by atoms with Crippen LogP contribution in [0.25, 0.3) is 0 Å². The molecule has 2 fully saturated rings. The smallest absolute Gasteiger partial charge is 0.228 e. The van der Waals surface area contributed by atoms with E-state index in [-0.39, 0.29) is 36.0 Å². The summed E-state index contributed by atoms with van der Waals surface area (Å²) in [4.78, 5) is 45.9. The molecule has 3 amide bonds. The van der Waals surface area contributed by atoms with Crippen LogP contribution in [-0.2, 0) is 20.8 Å². The van der Waals surface area contributed by atoms with Gasteiger partial charge in [0.1, 0.15) is 5.82 Å². The van der Waals surface area contributed by atoms with Crippen LogP contribution in [0.5, 0.6) is 0 Å². The van der Waals surface area contributed by atoms with Crippen molar-refractivity contribution in [1.82, 2.24) is 9.88 Å². The van der Waals surface area contributed by atoms with Crippen LogP contribution in [0, 0.1) is 18.8 Å². The number of aryl methyl sites for hydroxylation is 2. The number of benzene rings is 1. The number of amides is 3. The van der Waals surface area contributed by atoms with Crippen LogP contribution >= 0.6 is 0 Å². The van der Waals surface area contributed by atoms with Crippen molar-refractivity contribution in [3.63, 3.8) is 0 Å². The highest BCUT2D eigenvalue weighted by atomic mass is 16.2. The minimum absolute atomic E-state index is 0.00698. The topological polar surface area (TPSA) is 82.6 Å². The zero-order chi connectivity index (χ0) is 22.7. The highest BCUT2D eigenvalue weighted by Crippen LogP contribution is 2.28. The predicted octanol–water partition coefficient (Wildman–Crippen LogP) is 3.18. The third kappa shape index (κ3) is 4.82. The van der Waals surface area contributed by atoms with Gasteiger partial charge in [0.15, 0.2) is 0 Å². The molecule has 3 heterocycles. The number of likely N-dealkylation sites (tertiary alicyclic amines) is 1. The van der Waals surface area contributed by atoms with E-state index in [4.69, 9.17) is 0 Å². The summed E-state index contributed by atoms with van der Waals surface area (Å²) in [6, 6.07) is 11.7. The first-order chi connectivity index (χ1) is 15.4. The second-order valence-electron chi connectivity index (χ2n) is 8.73. The summed E-state index contributed by atoms with van der Waals surface area (Å²) in [6.45, 7) is 5.53. The number of rotatable bonds is 5. The Kier molecular flexibility index (Phi) is 6.53. The highest BCUT2D eigenvalue weighted by molar-refractivity contribution is 6.00. The molecule has 0 aliphatic carbocycles. The Labute approximate surface area is 188 Å². The Balaban J connectivity index is 1.29. The number of carbonyl (C=O) groups is 3. The number of pyridine rings is 1. The van der Waals surface area contributed by atoms with Crippen molar-refractivity contribution in [2.24, 2.45) is 11.8 Å². The van der Waals surface area contributed by atoms with Gasteiger partial charge in [-0.1, -0.05) is 25.1 Å². The molecule has 7 nitrogen and oxygen atoms in total. The molecular formula is C25H30N4O3. The second-order valence-corrected chi connectivity index (χ2v) is 8.73. The standard InChI is InChI=1S/C25H30N4O3/c1-3-18-5-7-21(8-6-18)29-16-20(14-23(29)30)25(32)28-12-10-19(11-13-28)24(31)27-22-9-4-17(2)15-26-22/h4-9,15,19-20H,3,10-14,16H2,1-2H3,(H,26,27,31). The Morgan fingerprint density at radius 2 is 1.78 bits per heavy atom. The largest absolute Gasteiger partial charge is 0.342 e. The number of aromatic nitrogens is 1. The molecule has 2 aliphatic rings. The molecular weight excluding hydrogens is 404 g/mol. The molecule has 1 aromatic heterocycles. The van der Waals surface area contributed by atoms with Crippen molar-refractivity contribution in [2.75, 3.05) is 29.9 Å². The second kappa shape index (κ2) is 9.51. The average molecular weight is 435 g/mol. The predicted molar refractivity (Wildman–Crippen MR) is 123 cm³/mol. The molecule has 1 unspecified atom stereocenters. The third-order valence-corrected chi connectivity index (χ3v) is 6.47. The van der Waals surface area contributed by atoms with E-state index in [0.717, 1.165) is 17.7 Å². The molecule has 2 aliphatic heterocycles. The lowest BCUT2D eigenvalue weighted by atomic mass is 9.94. The minimum atomic E-state index is -0.324. The SMILES string of the molecule is CCc1ccc(N2CC(C(=O)N3CCC(C(=O)Nc4ccc(C)cn4)CC3)CC2=O)cc1. The van der Waals surface area contributed by atoms with Gasteiger partial charge in [0.25, 0.3) is 0 Å². The fraction of sp³-hybridized carbons (Fsp3) is 0.440. The number of hydrogen-bond donors (Lipinski definition) is 1. The van der Waals surface area contributed by atoms with Crippen LogP contribution < -0.4 is 10.2 Å². The molecule has 0 bridgehead atoms. The van der Waals surface area contributed by atoms with Crippen LogP contribution in [0.1, 0.15) is 37.3 Å². The fourth-order valence-electron chi connectivity index (χ4n) is 4.42. The minimum Gasteiger partial charge on any atom is -0.342 e. The zero-order valence-electron chi connectivity index (χ0n) is 18.7. The highest BCUT2D eigenvalue weighted by Gasteiger charge is 2.38. The molecule has 0 radical (unpaired) electrons. The molecule has 7 heteroatoms. The zero-order valence-corrected chi connectivity index (χ0v) is 18.7. The first-order valence-corrected chi connectivity index (χ1v) is 11.4. The Hall–Kier alpha value is -3.22. The van der Waals surface area contributed by atoms with Gasteiger partial charge in [-0.05, 0) is 55.5 Å². The summed E-state index contributed by atoms with van der Waals surface area (Å²) in [5.74, 6) is 0.0517. The summed E-state index contributed by atoms with van der Waals surface area (Å²) in [5.41, 5.74) is 3.11. The first kappa shape index (κ1) is 22.0. The van der Waals surface area contributed by atoms with Gasteiger partial charge >= 0.3 is 0 Å². The number of piperidine rings is 1. The maximum absolute atomic E-state index is 13.1. The fourth-order valence-corrected chi connectivity index (χ4v) is 4.42. The lowest BCUT2D eigenvalue weighted by molar-refractivity contribution is -0.138. The van der Waals surface area contributed by atoms with Gasteiger partial charge in [0.05, 0.1) is 5.92 Å². The molecule has 32 heavy (non-hydrogen) atoms. The summed E-state index contributed by atoms with van der Waals surface area (Å²) in [5, 5.41) is 2.87. The van der Waals surface area contributed by atoms with Crippen molar-refractivity contribution in [1.29, 1.82) is 0 Å². The van der Waals surface area contributed by atoms with Gasteiger partial charge in [0.2, 0.25) is 17.7 Å². The van der Waals surface area contributed by atoms with Crippen molar-refractivity contribution in [3.8, 4) is 0 Å². The van der Waals surface area contributed by atoms with Crippen molar-refractivity contribution >= 4 is 29.2 Å². The normalized spacial score (nSPS) is 19.3. The monoisotopic (exact) mass is 434 g/mol. The van der Waals surface area contributed by atoms with E-state index in [1.165, 1.54) is 5.56 Å². The Morgan fingerprint density at radius 1 is 1.06 bits per heavy atom. The summed E-state index contributed by atoms with van der Waals surface area (Å²) in [7, 11) is 0. The molecule has 1 atom stereocenters. The van der Waals surface area contributed by atoms with Crippen molar-refractivity contribution in [2.45, 2.75) is 39.5 Å². The number of nitrogens with zero attached hydrogens (tertiary/aromatic N) is 3. The number of nitrogens with one attached hydrogen (secondary N) is 1. The van der Waals surface area contributed by atoms with E-state index >= 15 is 0 Å². The molecule has 1 N–H and O–H groups in total. The van der Waals surface area contributed by atoms with Crippen LogP contribution in [0.4, 0.5) is 11.5 Å². The molecule has 0 saturated carbocycles. The van der Waals surface area contributed by atoms with Crippen LogP contribution in [0.2, 0.25) is 0 Å². The quantitative estimate of drug-likeness (QED) is 0.784. The number of anilines is 2. The van der Waals surface area contributed by atoms with E-state index in [2.05, 4.69) is 17.2 Å². The summed E-state index contributed by atoms with van der Waals surface area (Å²) < 4.78 is 0. The summed E-state index contributed by atoms with van der Waals surface area (Å²) >= 11 is 0. The maximum atomic E-state index is 13.1. The molecule has 0 spiro atoms. The molecule has 2 saturated heterocycles. The van der Waals surface area contributed by atoms with Gasteiger partial charge in [-0.2, -0.15) is 0 Å². The van der Waals surface area contributed by atoms with Crippen LogP contribution in [-0.4, -0.2) is 47.2 Å². The lowest BCUT2D eigenvalue weighted by Gasteiger charge is -2.32. The van der Waals surface area contributed by atoms with Gasteiger partial charge in [0, 0.05) is 43.9 Å². The summed E-state index contributed by atoms with van der Waals surface area (Å²) in [6.07, 6.45) is 4.15. The van der Waals surface area contributed by atoms with Gasteiger partial charge < -0.3 is 15.1 Å². The Morgan fingerprint density at radius 3 is 2.41 bits per heavy atom. The van der Waals surface area contributed by atoms with E-state index in [0.29, 0.717) is 38.3 Å². The number of hydrogen-bond acceptors (Lipinski definition) is 4. The van der Waals surface area contributed by atoms with E-state index < -0.39 is 0 Å². The van der Waals surface area contributed by atoms with E-state index in [9.17, 15) is 14.4 Å². The van der Waals surface area contributed by atoms with Crippen LogP contribution in [0.3, 0.4) is 0 Å². The third-order valence-electron chi connectivity index (χ3n) is 6.47. The molecule has 2 aromatic rings. The van der Waals surface area contributed by atoms with E-state index in [1.54, 1.807) is 17.2 Å². The van der Waals surface area contributed by atoms with Crippen molar-refractivity contribution < 1.29 is 14.4 Å². The van der Waals surface area contributed by atoms with Gasteiger partial charge in [-0.25, -0.2) is 4.98 Å². The molecule has 4 rings (SSSR count). The molecule has 1 aromatic carbocycles. The van der Waals surface area contributed by atoms with Crippen LogP contribution in [0.15, 0.2) is 42.6 Å².